The molecule has 88 valence electrons. The van der Waals surface area contributed by atoms with Gasteiger partial charge < -0.3 is 0 Å². The van der Waals surface area contributed by atoms with E-state index in [4.69, 9.17) is 0 Å². The molecular formula is C13H18O3. The third-order valence-electron chi connectivity index (χ3n) is 3.45. The minimum absolute atomic E-state index is 0.0833. The standard InChI is InChI=1S/C13H18O3/c1-9(14)13(3,10(2)15)8-11-6-4-5-7-12(11)16/h6H,4-5,7-8H2,1-3H3. The molecule has 0 heterocycles. The Balaban J connectivity index is 2.92. The Hall–Kier alpha value is -1.25. The fraction of sp³-hybridized carbons (Fsp3) is 0.615. The molecule has 3 heteroatoms. The van der Waals surface area contributed by atoms with Gasteiger partial charge in [0.25, 0.3) is 0 Å². The number of ketones is 3. The Bertz CT molecular complexity index is 349. The normalized spacial score (nSPS) is 16.9. The van der Waals surface area contributed by atoms with E-state index in [0.29, 0.717) is 12.0 Å². The van der Waals surface area contributed by atoms with Gasteiger partial charge in [-0.15, -0.1) is 0 Å². The van der Waals surface area contributed by atoms with Gasteiger partial charge >= 0.3 is 0 Å². The molecule has 0 unspecified atom stereocenters. The van der Waals surface area contributed by atoms with Gasteiger partial charge in [0.1, 0.15) is 11.6 Å². The van der Waals surface area contributed by atoms with Crippen LogP contribution in [0.3, 0.4) is 0 Å². The first-order valence-electron chi connectivity index (χ1n) is 5.62. The fourth-order valence-corrected chi connectivity index (χ4v) is 1.86. The molecule has 0 saturated carbocycles. The highest BCUT2D eigenvalue weighted by Crippen LogP contribution is 2.31. The minimum atomic E-state index is -1.03. The highest BCUT2D eigenvalue weighted by Gasteiger charge is 2.37. The van der Waals surface area contributed by atoms with Crippen LogP contribution >= 0.6 is 0 Å². The molecule has 0 bridgehead atoms. The second-order valence-electron chi connectivity index (χ2n) is 4.67. The van der Waals surface area contributed by atoms with Gasteiger partial charge in [0, 0.05) is 6.42 Å². The van der Waals surface area contributed by atoms with Crippen LogP contribution in [0, 0.1) is 5.41 Å². The summed E-state index contributed by atoms with van der Waals surface area (Å²) in [5.41, 5.74) is -0.377. The van der Waals surface area contributed by atoms with Crippen molar-refractivity contribution in [1.29, 1.82) is 0 Å². The predicted octanol–water partition coefficient (Wildman–Crippen LogP) is 2.24. The maximum atomic E-state index is 11.6. The van der Waals surface area contributed by atoms with Crippen LogP contribution in [0.25, 0.3) is 0 Å². The molecule has 0 atom stereocenters. The van der Waals surface area contributed by atoms with Crippen molar-refractivity contribution in [3.63, 3.8) is 0 Å². The average molecular weight is 222 g/mol. The monoisotopic (exact) mass is 222 g/mol. The number of carbonyl (C=O) groups excluding carboxylic acids is 3. The summed E-state index contributed by atoms with van der Waals surface area (Å²) >= 11 is 0. The van der Waals surface area contributed by atoms with E-state index in [1.807, 2.05) is 6.08 Å². The predicted molar refractivity (Wildman–Crippen MR) is 61.0 cm³/mol. The van der Waals surface area contributed by atoms with Crippen LogP contribution in [0.5, 0.6) is 0 Å². The number of hydrogen-bond acceptors (Lipinski definition) is 3. The van der Waals surface area contributed by atoms with Crippen molar-refractivity contribution in [3.05, 3.63) is 11.6 Å². The molecule has 0 N–H and O–H groups in total. The van der Waals surface area contributed by atoms with Gasteiger partial charge in [-0.3, -0.25) is 14.4 Å². The first-order chi connectivity index (χ1) is 7.38. The Kier molecular flexibility index (Phi) is 3.79. The molecule has 0 aromatic heterocycles. The zero-order valence-electron chi connectivity index (χ0n) is 10.1. The van der Waals surface area contributed by atoms with E-state index >= 15 is 0 Å². The third kappa shape index (κ3) is 2.46. The summed E-state index contributed by atoms with van der Waals surface area (Å²) in [6.45, 7) is 4.45. The molecule has 0 radical (unpaired) electrons. The van der Waals surface area contributed by atoms with Gasteiger partial charge in [0.05, 0.1) is 5.41 Å². The summed E-state index contributed by atoms with van der Waals surface area (Å²) < 4.78 is 0. The molecule has 16 heavy (non-hydrogen) atoms. The SMILES string of the molecule is CC(=O)C(C)(CC1=CCCCC1=O)C(C)=O. The van der Waals surface area contributed by atoms with Crippen molar-refractivity contribution in [3.8, 4) is 0 Å². The van der Waals surface area contributed by atoms with Gasteiger partial charge in [-0.1, -0.05) is 6.08 Å². The molecule has 1 rings (SSSR count). The maximum absolute atomic E-state index is 11.6. The zero-order chi connectivity index (χ0) is 12.3. The second kappa shape index (κ2) is 4.73. The van der Waals surface area contributed by atoms with Crippen LogP contribution in [0.15, 0.2) is 11.6 Å². The maximum Gasteiger partial charge on any atom is 0.158 e. The third-order valence-corrected chi connectivity index (χ3v) is 3.45. The first-order valence-corrected chi connectivity index (χ1v) is 5.62. The number of allylic oxidation sites excluding steroid dienone is 2. The van der Waals surface area contributed by atoms with Gasteiger partial charge in [-0.25, -0.2) is 0 Å². The Morgan fingerprint density at radius 3 is 2.31 bits per heavy atom. The summed E-state index contributed by atoms with van der Waals surface area (Å²) in [6, 6.07) is 0. The van der Waals surface area contributed by atoms with Crippen molar-refractivity contribution in [2.45, 2.75) is 46.5 Å². The molecule has 1 aliphatic carbocycles. The molecule has 0 saturated heterocycles. The highest BCUT2D eigenvalue weighted by atomic mass is 16.2. The molecule has 3 nitrogen and oxygen atoms in total. The van der Waals surface area contributed by atoms with Crippen molar-refractivity contribution >= 4 is 17.3 Å². The molecule has 0 fully saturated rings. The van der Waals surface area contributed by atoms with Crippen molar-refractivity contribution in [2.24, 2.45) is 5.41 Å². The van der Waals surface area contributed by atoms with E-state index in [2.05, 4.69) is 0 Å². The van der Waals surface area contributed by atoms with Crippen LogP contribution < -0.4 is 0 Å². The topological polar surface area (TPSA) is 51.2 Å². The average Bonchev–Trinajstić information content (AvgIpc) is 2.20. The number of rotatable bonds is 4. The quantitative estimate of drug-likeness (QED) is 0.685. The van der Waals surface area contributed by atoms with Crippen LogP contribution in [-0.2, 0) is 14.4 Å². The Labute approximate surface area is 95.9 Å². The second-order valence-corrected chi connectivity index (χ2v) is 4.67. The summed E-state index contributed by atoms with van der Waals surface area (Å²) in [4.78, 5) is 34.7. The first kappa shape index (κ1) is 12.8. The molecule has 0 amide bonds. The lowest BCUT2D eigenvalue weighted by atomic mass is 9.75. The van der Waals surface area contributed by atoms with E-state index in [0.717, 1.165) is 12.8 Å². The molecule has 1 aliphatic rings. The van der Waals surface area contributed by atoms with Gasteiger partial charge in [0.2, 0.25) is 0 Å². The largest absolute Gasteiger partial charge is 0.299 e. The van der Waals surface area contributed by atoms with Crippen LogP contribution in [0.2, 0.25) is 0 Å². The van der Waals surface area contributed by atoms with Crippen molar-refractivity contribution in [2.75, 3.05) is 0 Å². The van der Waals surface area contributed by atoms with Crippen LogP contribution in [0.4, 0.5) is 0 Å². The van der Waals surface area contributed by atoms with Crippen molar-refractivity contribution < 1.29 is 14.4 Å². The number of hydrogen-bond donors (Lipinski definition) is 0. The number of Topliss-reactive ketones (excluding diaryl/α,β-unsaturated/α-hetero) is 3. The fourth-order valence-electron chi connectivity index (χ4n) is 1.86. The van der Waals surface area contributed by atoms with E-state index in [9.17, 15) is 14.4 Å². The summed E-state index contributed by atoms with van der Waals surface area (Å²) in [5, 5.41) is 0. The van der Waals surface area contributed by atoms with Crippen molar-refractivity contribution in [1.82, 2.24) is 0 Å². The zero-order valence-corrected chi connectivity index (χ0v) is 10.1. The molecule has 0 aromatic carbocycles. The summed E-state index contributed by atoms with van der Waals surface area (Å²) in [6.07, 6.45) is 4.41. The van der Waals surface area contributed by atoms with Gasteiger partial charge in [-0.2, -0.15) is 0 Å². The van der Waals surface area contributed by atoms with Gasteiger partial charge in [-0.05, 0) is 45.6 Å². The molecule has 0 aromatic rings. The van der Waals surface area contributed by atoms with E-state index < -0.39 is 5.41 Å². The lowest BCUT2D eigenvalue weighted by Crippen LogP contribution is -2.35. The van der Waals surface area contributed by atoms with Crippen LogP contribution in [0.1, 0.15) is 46.5 Å². The van der Waals surface area contributed by atoms with Crippen LogP contribution in [-0.4, -0.2) is 17.3 Å². The smallest absolute Gasteiger partial charge is 0.158 e. The highest BCUT2D eigenvalue weighted by molar-refractivity contribution is 6.06. The lowest BCUT2D eigenvalue weighted by Gasteiger charge is -2.25. The van der Waals surface area contributed by atoms with Gasteiger partial charge in [0.15, 0.2) is 5.78 Å². The molecular weight excluding hydrogens is 204 g/mol. The molecule has 0 spiro atoms. The summed E-state index contributed by atoms with van der Waals surface area (Å²) in [7, 11) is 0. The van der Waals surface area contributed by atoms with E-state index in [1.54, 1.807) is 6.92 Å². The molecule has 0 aliphatic heterocycles. The Morgan fingerprint density at radius 2 is 1.88 bits per heavy atom. The summed E-state index contributed by atoms with van der Waals surface area (Å²) in [5.74, 6) is -0.251. The minimum Gasteiger partial charge on any atom is -0.299 e. The Morgan fingerprint density at radius 1 is 1.31 bits per heavy atom. The van der Waals surface area contributed by atoms with E-state index in [1.165, 1.54) is 13.8 Å². The number of carbonyl (C=O) groups is 3. The lowest BCUT2D eigenvalue weighted by molar-refractivity contribution is -0.137. The van der Waals surface area contributed by atoms with E-state index in [-0.39, 0.29) is 23.8 Å².